The Kier molecular flexibility index (Phi) is 4.59. The number of anilines is 1. The molecule has 1 aliphatic heterocycles. The third-order valence-corrected chi connectivity index (χ3v) is 5.61. The van der Waals surface area contributed by atoms with Gasteiger partial charge in [0, 0.05) is 51.5 Å². The maximum Gasteiger partial charge on any atom is 0.332 e. The lowest BCUT2D eigenvalue weighted by molar-refractivity contribution is 0.417. The molecule has 0 radical (unpaired) electrons. The van der Waals surface area contributed by atoms with Crippen LogP contribution in [-0.4, -0.2) is 33.2 Å². The maximum atomic E-state index is 13.6. The van der Waals surface area contributed by atoms with Gasteiger partial charge in [0.1, 0.15) is 11.6 Å². The van der Waals surface area contributed by atoms with Gasteiger partial charge < -0.3 is 10.2 Å². The molecule has 2 atom stereocenters. The van der Waals surface area contributed by atoms with Crippen molar-refractivity contribution in [3.05, 3.63) is 56.7 Å². The van der Waals surface area contributed by atoms with Crippen LogP contribution in [0.5, 0.6) is 0 Å². The first-order chi connectivity index (χ1) is 12.9. The van der Waals surface area contributed by atoms with E-state index in [1.165, 1.54) is 23.9 Å². The number of hydrogen-bond donors (Lipinski definition) is 1. The van der Waals surface area contributed by atoms with Crippen LogP contribution in [-0.2, 0) is 14.1 Å². The van der Waals surface area contributed by atoms with Crippen molar-refractivity contribution in [3.8, 4) is 0 Å². The zero-order valence-electron chi connectivity index (χ0n) is 15.6. The summed E-state index contributed by atoms with van der Waals surface area (Å²) in [6.07, 6.45) is 6.12. The fourth-order valence-corrected chi connectivity index (χ4v) is 3.92. The van der Waals surface area contributed by atoms with Gasteiger partial charge in [0.05, 0.1) is 6.20 Å². The molecule has 1 unspecified atom stereocenters. The number of nitrogens with one attached hydrogen (secondary N) is 1. The van der Waals surface area contributed by atoms with E-state index in [0.29, 0.717) is 18.3 Å². The average Bonchev–Trinajstić information content (AvgIpc) is 3.39. The van der Waals surface area contributed by atoms with Crippen molar-refractivity contribution in [3.63, 3.8) is 0 Å². The first-order valence-corrected chi connectivity index (χ1v) is 9.32. The van der Waals surface area contributed by atoms with E-state index in [2.05, 4.69) is 15.2 Å². The van der Waals surface area contributed by atoms with E-state index < -0.39 is 0 Å². The molecule has 2 aromatic rings. The van der Waals surface area contributed by atoms with Crippen LogP contribution in [0.4, 0.5) is 10.2 Å². The van der Waals surface area contributed by atoms with Crippen LogP contribution < -0.4 is 21.5 Å². The van der Waals surface area contributed by atoms with Gasteiger partial charge in [-0.3, -0.25) is 18.9 Å². The highest BCUT2D eigenvalue weighted by Crippen LogP contribution is 2.41. The summed E-state index contributed by atoms with van der Waals surface area (Å²) >= 11 is 0. The molecule has 1 saturated carbocycles. The zero-order chi connectivity index (χ0) is 19.1. The Labute approximate surface area is 156 Å². The number of halogens is 1. The highest BCUT2D eigenvalue weighted by Gasteiger charge is 2.36. The van der Waals surface area contributed by atoms with Crippen LogP contribution in [0.25, 0.3) is 0 Å². The van der Waals surface area contributed by atoms with Gasteiger partial charge in [-0.2, -0.15) is 0 Å². The molecule has 2 aromatic heterocycles. The Morgan fingerprint density at radius 3 is 2.63 bits per heavy atom. The molecule has 2 fully saturated rings. The topological polar surface area (TPSA) is 72.2 Å². The van der Waals surface area contributed by atoms with Crippen LogP contribution in [0.15, 0.2) is 34.1 Å². The molecule has 4 rings (SSSR count). The van der Waals surface area contributed by atoms with Crippen molar-refractivity contribution in [2.24, 2.45) is 20.0 Å². The Morgan fingerprint density at radius 1 is 1.15 bits per heavy atom. The van der Waals surface area contributed by atoms with Crippen LogP contribution in [0.3, 0.4) is 0 Å². The minimum Gasteiger partial charge on any atom is -0.356 e. The Balaban J connectivity index is 1.51. The molecule has 0 spiro atoms. The molecule has 3 heterocycles. The van der Waals surface area contributed by atoms with Gasteiger partial charge >= 0.3 is 5.69 Å². The summed E-state index contributed by atoms with van der Waals surface area (Å²) in [5.74, 6) is 0.835. The van der Waals surface area contributed by atoms with Crippen molar-refractivity contribution in [1.29, 1.82) is 0 Å². The summed E-state index contributed by atoms with van der Waals surface area (Å²) in [7, 11) is 3.17. The van der Waals surface area contributed by atoms with Gasteiger partial charge in [-0.05, 0) is 36.8 Å². The monoisotopic (exact) mass is 373 g/mol. The van der Waals surface area contributed by atoms with Crippen LogP contribution >= 0.6 is 0 Å². The van der Waals surface area contributed by atoms with E-state index in [9.17, 15) is 14.0 Å². The average molecular weight is 373 g/mol. The summed E-state index contributed by atoms with van der Waals surface area (Å²) in [5, 5.41) is 3.66. The van der Waals surface area contributed by atoms with Crippen molar-refractivity contribution < 1.29 is 4.39 Å². The quantitative estimate of drug-likeness (QED) is 0.845. The second-order valence-electron chi connectivity index (χ2n) is 7.59. The van der Waals surface area contributed by atoms with Crippen LogP contribution in [0.2, 0.25) is 0 Å². The normalized spacial score (nSPS) is 20.9. The molecular formula is C19H24FN5O2. The molecule has 27 heavy (non-hydrogen) atoms. The summed E-state index contributed by atoms with van der Waals surface area (Å²) in [6.45, 7) is 1.46. The van der Waals surface area contributed by atoms with Crippen molar-refractivity contribution in [1.82, 2.24) is 19.4 Å². The van der Waals surface area contributed by atoms with E-state index in [-0.39, 0.29) is 29.1 Å². The fraction of sp³-hybridized carbons (Fsp3) is 0.526. The molecule has 2 aliphatic rings. The zero-order valence-corrected chi connectivity index (χ0v) is 15.6. The minimum atomic E-state index is -0.324. The molecule has 1 aliphatic carbocycles. The smallest absolute Gasteiger partial charge is 0.332 e. The molecule has 8 heteroatoms. The summed E-state index contributed by atoms with van der Waals surface area (Å²) in [4.78, 5) is 30.2. The molecule has 0 amide bonds. The predicted molar refractivity (Wildman–Crippen MR) is 100 cm³/mol. The number of hydrogen-bond acceptors (Lipinski definition) is 5. The van der Waals surface area contributed by atoms with E-state index >= 15 is 0 Å². The minimum absolute atomic E-state index is 0.0885. The van der Waals surface area contributed by atoms with E-state index in [1.54, 1.807) is 19.3 Å². The van der Waals surface area contributed by atoms with Gasteiger partial charge in [0.2, 0.25) is 0 Å². The third-order valence-electron chi connectivity index (χ3n) is 5.61. The van der Waals surface area contributed by atoms with Crippen molar-refractivity contribution in [2.75, 3.05) is 18.0 Å². The molecule has 7 nitrogen and oxygen atoms in total. The first-order valence-electron chi connectivity index (χ1n) is 9.32. The Morgan fingerprint density at radius 2 is 1.93 bits per heavy atom. The lowest BCUT2D eigenvalue weighted by Crippen LogP contribution is -2.41. The lowest BCUT2D eigenvalue weighted by atomic mass is 10.0. The predicted octanol–water partition coefficient (Wildman–Crippen LogP) is 0.938. The molecular weight excluding hydrogens is 349 g/mol. The highest BCUT2D eigenvalue weighted by atomic mass is 19.1. The third kappa shape index (κ3) is 3.53. The fourth-order valence-electron chi connectivity index (χ4n) is 3.92. The number of pyridine rings is 1. The molecule has 0 aromatic carbocycles. The molecule has 0 bridgehead atoms. The lowest BCUT2D eigenvalue weighted by Gasteiger charge is -2.25. The van der Waals surface area contributed by atoms with E-state index in [1.807, 2.05) is 0 Å². The van der Waals surface area contributed by atoms with Crippen LogP contribution in [0.1, 0.15) is 30.9 Å². The summed E-state index contributed by atoms with van der Waals surface area (Å²) in [6, 6.07) is 3.36. The van der Waals surface area contributed by atoms with E-state index in [0.717, 1.165) is 35.9 Å². The second-order valence-corrected chi connectivity index (χ2v) is 7.59. The van der Waals surface area contributed by atoms with Gasteiger partial charge in [0.25, 0.3) is 5.56 Å². The van der Waals surface area contributed by atoms with Crippen molar-refractivity contribution in [2.45, 2.75) is 31.3 Å². The molecule has 1 saturated heterocycles. The van der Waals surface area contributed by atoms with Gasteiger partial charge in [-0.15, -0.1) is 0 Å². The SMILES string of the molecule is Cn1c(N2CC[C@@H](NC(c3cncc(F)c3)C3CC3)C2)cc(=O)n(C)c1=O. The van der Waals surface area contributed by atoms with Gasteiger partial charge in [-0.1, -0.05) is 0 Å². The first kappa shape index (κ1) is 17.9. The molecule has 144 valence electrons. The maximum absolute atomic E-state index is 13.6. The molecule has 1 N–H and O–H groups in total. The second kappa shape index (κ2) is 6.92. The summed E-state index contributed by atoms with van der Waals surface area (Å²) < 4.78 is 16.2. The Bertz CT molecular complexity index is 965. The van der Waals surface area contributed by atoms with Gasteiger partial charge in [-0.25, -0.2) is 9.18 Å². The largest absolute Gasteiger partial charge is 0.356 e. The van der Waals surface area contributed by atoms with Gasteiger partial charge in [0.15, 0.2) is 0 Å². The van der Waals surface area contributed by atoms with Crippen molar-refractivity contribution >= 4 is 5.82 Å². The van der Waals surface area contributed by atoms with E-state index in [4.69, 9.17) is 0 Å². The highest BCUT2D eigenvalue weighted by molar-refractivity contribution is 5.40. The number of rotatable bonds is 5. The van der Waals surface area contributed by atoms with Crippen LogP contribution in [0, 0.1) is 11.7 Å². The number of nitrogens with zero attached hydrogens (tertiary/aromatic N) is 4. The number of aromatic nitrogens is 3. The standard InChI is InChI=1S/C19H24FN5O2/c1-23-16(8-17(26)24(2)19(23)27)25-6-5-15(11-25)22-18(12-3-4-12)13-7-14(20)10-21-9-13/h7-10,12,15,18,22H,3-6,11H2,1-2H3/t15-,18?/m1/s1. The Hall–Kier alpha value is -2.48. The summed E-state index contributed by atoms with van der Waals surface area (Å²) in [5.41, 5.74) is 0.263.